The van der Waals surface area contributed by atoms with E-state index in [-0.39, 0.29) is 16.9 Å². The topological polar surface area (TPSA) is 75.4 Å². The van der Waals surface area contributed by atoms with Crippen LogP contribution in [0.15, 0.2) is 81.3 Å². The summed E-state index contributed by atoms with van der Waals surface area (Å²) in [5, 5.41) is 3.99. The predicted molar refractivity (Wildman–Crippen MR) is 159 cm³/mol. The van der Waals surface area contributed by atoms with E-state index >= 15 is 0 Å². The number of hydrogen-bond acceptors (Lipinski definition) is 4. The first kappa shape index (κ1) is 29.8. The summed E-state index contributed by atoms with van der Waals surface area (Å²) in [5.41, 5.74) is 2.73. The SMILES string of the molecule is C/C=C\C(CCn1c(CN(C)Cc2cccc(F)c2)c2c(=O)n(-c3cccc(Cl)c3)[nH]c2cc1=O)=NC.CC. The van der Waals surface area contributed by atoms with E-state index < -0.39 is 0 Å². The normalized spacial score (nSPS) is 11.8. The predicted octanol–water partition coefficient (Wildman–Crippen LogP) is 5.97. The lowest BCUT2D eigenvalue weighted by Gasteiger charge is -2.20. The molecule has 0 saturated heterocycles. The largest absolute Gasteiger partial charge is 0.310 e. The van der Waals surface area contributed by atoms with Crippen molar-refractivity contribution in [3.63, 3.8) is 0 Å². The Hall–Kier alpha value is -3.75. The number of fused-ring (bicyclic) bond motifs is 1. The Labute approximate surface area is 232 Å². The minimum Gasteiger partial charge on any atom is -0.310 e. The maximum atomic E-state index is 13.7. The van der Waals surface area contributed by atoms with Crippen LogP contribution in [0.1, 0.15) is 38.4 Å². The van der Waals surface area contributed by atoms with Crippen molar-refractivity contribution < 1.29 is 4.39 Å². The molecule has 1 N–H and O–H groups in total. The second-order valence-corrected chi connectivity index (χ2v) is 9.31. The number of halogens is 2. The number of aromatic nitrogens is 3. The van der Waals surface area contributed by atoms with E-state index in [1.54, 1.807) is 41.9 Å². The van der Waals surface area contributed by atoms with Gasteiger partial charge in [0.2, 0.25) is 0 Å². The van der Waals surface area contributed by atoms with E-state index in [0.717, 1.165) is 11.3 Å². The zero-order chi connectivity index (χ0) is 28.5. The molecule has 0 radical (unpaired) electrons. The Balaban J connectivity index is 0.00000205. The average molecular weight is 552 g/mol. The van der Waals surface area contributed by atoms with Gasteiger partial charge in [-0.25, -0.2) is 9.07 Å². The zero-order valence-electron chi connectivity index (χ0n) is 23.0. The first-order chi connectivity index (χ1) is 18.8. The lowest BCUT2D eigenvalue weighted by Crippen LogP contribution is -2.29. The van der Waals surface area contributed by atoms with Crippen LogP contribution in [0, 0.1) is 5.82 Å². The molecule has 0 saturated carbocycles. The number of nitrogens with one attached hydrogen (secondary N) is 1. The van der Waals surface area contributed by atoms with Crippen LogP contribution in [0.3, 0.4) is 0 Å². The summed E-state index contributed by atoms with van der Waals surface area (Å²) < 4.78 is 16.8. The van der Waals surface area contributed by atoms with Gasteiger partial charge in [-0.1, -0.05) is 49.7 Å². The van der Waals surface area contributed by atoms with E-state index in [2.05, 4.69) is 10.1 Å². The molecule has 4 rings (SSSR count). The van der Waals surface area contributed by atoms with Crippen LogP contribution in [0.4, 0.5) is 4.39 Å². The van der Waals surface area contributed by atoms with Crippen LogP contribution in [-0.2, 0) is 19.6 Å². The number of rotatable bonds is 9. The third kappa shape index (κ3) is 7.22. The first-order valence-corrected chi connectivity index (χ1v) is 13.3. The number of hydrogen-bond donors (Lipinski definition) is 1. The molecule has 0 fully saturated rings. The van der Waals surface area contributed by atoms with Crippen molar-refractivity contribution >= 4 is 28.2 Å². The van der Waals surface area contributed by atoms with Gasteiger partial charge in [0.15, 0.2) is 0 Å². The fraction of sp³-hybridized carbons (Fsp3) is 0.300. The number of pyridine rings is 1. The van der Waals surface area contributed by atoms with Gasteiger partial charge in [0.1, 0.15) is 5.82 Å². The number of H-pyrrole nitrogens is 1. The zero-order valence-corrected chi connectivity index (χ0v) is 23.8. The Morgan fingerprint density at radius 2 is 1.85 bits per heavy atom. The second-order valence-electron chi connectivity index (χ2n) is 8.87. The molecular weight excluding hydrogens is 517 g/mol. The molecule has 0 spiro atoms. The third-order valence-electron chi connectivity index (χ3n) is 6.13. The molecule has 2 heterocycles. The minimum atomic E-state index is -0.310. The van der Waals surface area contributed by atoms with Crippen molar-refractivity contribution in [2.75, 3.05) is 14.1 Å². The van der Waals surface area contributed by atoms with Gasteiger partial charge in [0.25, 0.3) is 11.1 Å². The highest BCUT2D eigenvalue weighted by Crippen LogP contribution is 2.19. The molecule has 2 aromatic heterocycles. The molecule has 4 aromatic rings. The standard InChI is InChI=1S/C28H29ClFN5O2.C2H6/c1-4-7-22(31-2)12-13-34-25(18-33(3)17-19-8-5-10-21(30)14-19)27-24(16-26(34)36)32-35(28(27)37)23-11-6-9-20(29)15-23;1-2/h4-11,14-16,32H,12-13,17-18H2,1-3H3;1-2H3/b7-4-,31-22?;. The molecular formula is C30H35ClFN5O2. The van der Waals surface area contributed by atoms with E-state index in [1.807, 2.05) is 50.9 Å². The molecule has 0 aliphatic rings. The van der Waals surface area contributed by atoms with Crippen molar-refractivity contribution in [1.29, 1.82) is 0 Å². The van der Waals surface area contributed by atoms with Crippen LogP contribution >= 0.6 is 11.6 Å². The Bertz CT molecular complexity index is 1600. The van der Waals surface area contributed by atoms with E-state index in [0.29, 0.717) is 53.4 Å². The molecule has 0 atom stereocenters. The van der Waals surface area contributed by atoms with Crippen LogP contribution in [0.25, 0.3) is 16.6 Å². The number of aliphatic imine (C=N–C) groups is 1. The summed E-state index contributed by atoms with van der Waals surface area (Å²) in [7, 11) is 3.59. The highest BCUT2D eigenvalue weighted by molar-refractivity contribution is 6.30. The Kier molecular flexibility index (Phi) is 10.6. The monoisotopic (exact) mass is 551 g/mol. The van der Waals surface area contributed by atoms with Gasteiger partial charge in [0, 0.05) is 49.9 Å². The molecule has 39 heavy (non-hydrogen) atoms. The van der Waals surface area contributed by atoms with Crippen molar-refractivity contribution in [1.82, 2.24) is 19.2 Å². The van der Waals surface area contributed by atoms with Crippen LogP contribution in [-0.4, -0.2) is 39.1 Å². The van der Waals surface area contributed by atoms with Crippen LogP contribution < -0.4 is 11.1 Å². The summed E-state index contributed by atoms with van der Waals surface area (Å²) in [6.45, 7) is 7.01. The summed E-state index contributed by atoms with van der Waals surface area (Å²) >= 11 is 6.16. The van der Waals surface area contributed by atoms with Gasteiger partial charge in [0.05, 0.1) is 22.3 Å². The van der Waals surface area contributed by atoms with Gasteiger partial charge in [-0.15, -0.1) is 0 Å². The fourth-order valence-electron chi connectivity index (χ4n) is 4.46. The first-order valence-electron chi connectivity index (χ1n) is 13.0. The van der Waals surface area contributed by atoms with Gasteiger partial charge < -0.3 is 4.57 Å². The lowest BCUT2D eigenvalue weighted by molar-refractivity contribution is 0.309. The molecule has 0 aliphatic carbocycles. The maximum Gasteiger partial charge on any atom is 0.280 e. The molecule has 9 heteroatoms. The summed E-state index contributed by atoms with van der Waals surface area (Å²) in [6.07, 6.45) is 4.33. The van der Waals surface area contributed by atoms with Crippen molar-refractivity contribution in [3.8, 4) is 5.69 Å². The molecule has 0 bridgehead atoms. The van der Waals surface area contributed by atoms with Gasteiger partial charge in [-0.2, -0.15) is 0 Å². The minimum absolute atomic E-state index is 0.225. The summed E-state index contributed by atoms with van der Waals surface area (Å²) in [4.78, 5) is 33.2. The average Bonchev–Trinajstić information content (AvgIpc) is 3.24. The highest BCUT2D eigenvalue weighted by atomic mass is 35.5. The molecule has 0 amide bonds. The maximum absolute atomic E-state index is 13.7. The summed E-state index contributed by atoms with van der Waals surface area (Å²) in [5.74, 6) is -0.310. The molecule has 206 valence electrons. The molecule has 0 unspecified atom stereocenters. The second kappa shape index (κ2) is 13.9. The van der Waals surface area contributed by atoms with Crippen molar-refractivity contribution in [2.24, 2.45) is 4.99 Å². The lowest BCUT2D eigenvalue weighted by atomic mass is 10.1. The van der Waals surface area contributed by atoms with Crippen molar-refractivity contribution in [2.45, 2.75) is 46.8 Å². The fourth-order valence-corrected chi connectivity index (χ4v) is 4.64. The van der Waals surface area contributed by atoms with Gasteiger partial charge in [-0.05, 0) is 55.9 Å². The number of allylic oxidation sites excluding steroid dienone is 2. The summed E-state index contributed by atoms with van der Waals surface area (Å²) in [6, 6.07) is 14.8. The van der Waals surface area contributed by atoms with Crippen molar-refractivity contribution in [3.05, 3.63) is 110 Å². The van der Waals surface area contributed by atoms with Gasteiger partial charge >= 0.3 is 0 Å². The number of nitrogens with zero attached hydrogens (tertiary/aromatic N) is 4. The van der Waals surface area contributed by atoms with E-state index in [4.69, 9.17) is 11.6 Å². The van der Waals surface area contributed by atoms with Crippen LogP contribution in [0.2, 0.25) is 5.02 Å². The quantitative estimate of drug-likeness (QED) is 0.260. The number of aromatic amines is 1. The van der Waals surface area contributed by atoms with Crippen LogP contribution in [0.5, 0.6) is 0 Å². The smallest absolute Gasteiger partial charge is 0.280 e. The molecule has 7 nitrogen and oxygen atoms in total. The third-order valence-corrected chi connectivity index (χ3v) is 6.37. The number of benzene rings is 2. The van der Waals surface area contributed by atoms with Gasteiger partial charge in [-0.3, -0.25) is 24.6 Å². The highest BCUT2D eigenvalue weighted by Gasteiger charge is 2.19. The Morgan fingerprint density at radius 1 is 1.10 bits per heavy atom. The molecule has 0 aliphatic heterocycles. The van der Waals surface area contributed by atoms with E-state index in [9.17, 15) is 14.0 Å². The molecule has 2 aromatic carbocycles. The Morgan fingerprint density at radius 3 is 2.51 bits per heavy atom. The van der Waals surface area contributed by atoms with E-state index in [1.165, 1.54) is 22.9 Å².